The Morgan fingerprint density at radius 1 is 1.20 bits per heavy atom. The van der Waals surface area contributed by atoms with Gasteiger partial charge in [0.25, 0.3) is 5.16 Å². The van der Waals surface area contributed by atoms with Gasteiger partial charge in [0, 0.05) is 0 Å². The normalized spacial score (nSPS) is 11.5. The van der Waals surface area contributed by atoms with Gasteiger partial charge in [-0.25, -0.2) is 9.67 Å². The van der Waals surface area contributed by atoms with Gasteiger partial charge in [-0.3, -0.25) is 0 Å². The average Bonchev–Trinajstić information content (AvgIpc) is 2.67. The predicted molar refractivity (Wildman–Crippen MR) is 49.7 cm³/mol. The first-order valence-corrected chi connectivity index (χ1v) is 5.37. The van der Waals surface area contributed by atoms with Crippen molar-refractivity contribution in [3.63, 3.8) is 0 Å². The molecule has 0 N–H and O–H groups in total. The van der Waals surface area contributed by atoms with Crippen LogP contribution in [0.4, 0.5) is 3.89 Å². The standard InChI is InChI=1S/C8H6FN3O2S/c9-15(13,14)8-10-6-12(11-8)7-4-2-1-3-5-7/h1-6H. The number of rotatable bonds is 2. The third-order valence-corrected chi connectivity index (χ3v) is 2.33. The molecule has 2 aromatic rings. The van der Waals surface area contributed by atoms with Crippen molar-refractivity contribution in [3.05, 3.63) is 36.7 Å². The van der Waals surface area contributed by atoms with Crippen LogP contribution in [0.2, 0.25) is 0 Å². The summed E-state index contributed by atoms with van der Waals surface area (Å²) in [6, 6.07) is 8.70. The molecule has 1 aromatic carbocycles. The zero-order valence-electron chi connectivity index (χ0n) is 7.41. The van der Waals surface area contributed by atoms with Crippen LogP contribution < -0.4 is 0 Å². The molecular weight excluding hydrogens is 221 g/mol. The third-order valence-electron chi connectivity index (χ3n) is 1.71. The lowest BCUT2D eigenvalue weighted by atomic mass is 10.3. The van der Waals surface area contributed by atoms with E-state index in [9.17, 15) is 12.3 Å². The fourth-order valence-corrected chi connectivity index (χ4v) is 1.42. The van der Waals surface area contributed by atoms with Gasteiger partial charge in [0.05, 0.1) is 5.69 Å². The van der Waals surface area contributed by atoms with Gasteiger partial charge in [-0.2, -0.15) is 8.42 Å². The lowest BCUT2D eigenvalue weighted by Gasteiger charge is -1.96. The Balaban J connectivity index is 2.46. The fourth-order valence-electron chi connectivity index (χ4n) is 1.06. The second-order valence-electron chi connectivity index (χ2n) is 2.75. The highest BCUT2D eigenvalue weighted by Crippen LogP contribution is 2.08. The highest BCUT2D eigenvalue weighted by Gasteiger charge is 2.17. The highest BCUT2D eigenvalue weighted by atomic mass is 32.3. The number of hydrogen-bond donors (Lipinski definition) is 0. The molecule has 0 atom stereocenters. The first-order chi connectivity index (χ1) is 7.07. The van der Waals surface area contributed by atoms with Gasteiger partial charge < -0.3 is 0 Å². The number of halogens is 1. The highest BCUT2D eigenvalue weighted by molar-refractivity contribution is 7.86. The van der Waals surface area contributed by atoms with Crippen LogP contribution in [0.1, 0.15) is 0 Å². The van der Waals surface area contributed by atoms with Crippen molar-refractivity contribution in [2.45, 2.75) is 5.16 Å². The van der Waals surface area contributed by atoms with Crippen molar-refractivity contribution < 1.29 is 12.3 Å². The molecule has 1 heterocycles. The smallest absolute Gasteiger partial charge is 0.220 e. The van der Waals surface area contributed by atoms with Crippen LogP contribution in [-0.2, 0) is 10.2 Å². The molecule has 78 valence electrons. The van der Waals surface area contributed by atoms with E-state index < -0.39 is 15.4 Å². The van der Waals surface area contributed by atoms with E-state index in [-0.39, 0.29) is 0 Å². The minimum atomic E-state index is -4.83. The van der Waals surface area contributed by atoms with Gasteiger partial charge >= 0.3 is 10.2 Å². The Kier molecular flexibility index (Phi) is 2.24. The summed E-state index contributed by atoms with van der Waals surface area (Å²) in [7, 11) is -4.83. The molecule has 0 aliphatic heterocycles. The summed E-state index contributed by atoms with van der Waals surface area (Å²) in [6.45, 7) is 0. The second-order valence-corrected chi connectivity index (χ2v) is 3.99. The first-order valence-electron chi connectivity index (χ1n) is 3.99. The van der Waals surface area contributed by atoms with Crippen molar-refractivity contribution in [1.82, 2.24) is 14.8 Å². The number of hydrogen-bond acceptors (Lipinski definition) is 4. The lowest BCUT2D eigenvalue weighted by Crippen LogP contribution is -1.98. The van der Waals surface area contributed by atoms with Crippen LogP contribution in [0.5, 0.6) is 0 Å². The molecule has 0 amide bonds. The van der Waals surface area contributed by atoms with E-state index in [2.05, 4.69) is 10.1 Å². The molecule has 15 heavy (non-hydrogen) atoms. The molecule has 0 saturated carbocycles. The molecule has 0 spiro atoms. The fraction of sp³-hybridized carbons (Fsp3) is 0. The molecule has 0 aliphatic rings. The number of para-hydroxylation sites is 1. The van der Waals surface area contributed by atoms with Crippen molar-refractivity contribution in [2.24, 2.45) is 0 Å². The quantitative estimate of drug-likeness (QED) is 0.716. The zero-order chi connectivity index (χ0) is 10.9. The summed E-state index contributed by atoms with van der Waals surface area (Å²) < 4.78 is 34.6. The van der Waals surface area contributed by atoms with E-state index in [1.165, 1.54) is 4.68 Å². The molecule has 0 aliphatic carbocycles. The van der Waals surface area contributed by atoms with E-state index in [4.69, 9.17) is 0 Å². The van der Waals surface area contributed by atoms with E-state index in [0.29, 0.717) is 5.69 Å². The van der Waals surface area contributed by atoms with Gasteiger partial charge in [0.2, 0.25) is 0 Å². The van der Waals surface area contributed by atoms with Crippen LogP contribution in [0, 0.1) is 0 Å². The molecule has 0 radical (unpaired) electrons. The average molecular weight is 227 g/mol. The van der Waals surface area contributed by atoms with E-state index in [1.54, 1.807) is 30.3 Å². The van der Waals surface area contributed by atoms with Gasteiger partial charge in [-0.15, -0.1) is 5.10 Å². The number of aromatic nitrogens is 3. The van der Waals surface area contributed by atoms with E-state index >= 15 is 0 Å². The summed E-state index contributed by atoms with van der Waals surface area (Å²) in [6.07, 6.45) is 1.14. The van der Waals surface area contributed by atoms with Crippen LogP contribution in [0.15, 0.2) is 41.8 Å². The molecule has 0 bridgehead atoms. The Morgan fingerprint density at radius 3 is 2.40 bits per heavy atom. The molecule has 7 heteroatoms. The summed E-state index contributed by atoms with van der Waals surface area (Å²) in [5.74, 6) is 0. The molecular formula is C8H6FN3O2S. The molecule has 0 fully saturated rings. The maximum absolute atomic E-state index is 12.5. The topological polar surface area (TPSA) is 64.8 Å². The zero-order valence-corrected chi connectivity index (χ0v) is 8.22. The molecule has 5 nitrogen and oxygen atoms in total. The van der Waals surface area contributed by atoms with Crippen molar-refractivity contribution >= 4 is 10.2 Å². The summed E-state index contributed by atoms with van der Waals surface area (Å²) in [5, 5.41) is 2.67. The molecule has 0 unspecified atom stereocenters. The van der Waals surface area contributed by atoms with Gasteiger partial charge in [0.15, 0.2) is 0 Å². The second kappa shape index (κ2) is 3.43. The maximum atomic E-state index is 12.5. The molecule has 1 aromatic heterocycles. The summed E-state index contributed by atoms with van der Waals surface area (Å²) in [4.78, 5) is 3.35. The minimum absolute atomic E-state index is 0.611. The summed E-state index contributed by atoms with van der Waals surface area (Å²) in [5.41, 5.74) is 0.611. The first kappa shape index (κ1) is 9.78. The van der Waals surface area contributed by atoms with Gasteiger partial charge in [-0.1, -0.05) is 22.1 Å². The van der Waals surface area contributed by atoms with Crippen LogP contribution in [0.25, 0.3) is 5.69 Å². The Hall–Kier alpha value is -1.76. The predicted octanol–water partition coefficient (Wildman–Crippen LogP) is 0.925. The third kappa shape index (κ3) is 2.01. The van der Waals surface area contributed by atoms with Crippen molar-refractivity contribution in [3.8, 4) is 5.69 Å². The lowest BCUT2D eigenvalue weighted by molar-refractivity contribution is 0.541. The Labute approximate surface area is 85.4 Å². The van der Waals surface area contributed by atoms with E-state index in [0.717, 1.165) is 6.33 Å². The number of nitrogens with zero attached hydrogens (tertiary/aromatic N) is 3. The summed E-state index contributed by atoms with van der Waals surface area (Å²) >= 11 is 0. The van der Waals surface area contributed by atoms with Gasteiger partial charge in [0.1, 0.15) is 6.33 Å². The Bertz CT molecular complexity index is 565. The number of benzene rings is 1. The maximum Gasteiger partial charge on any atom is 0.369 e. The minimum Gasteiger partial charge on any atom is -0.220 e. The van der Waals surface area contributed by atoms with Crippen molar-refractivity contribution in [1.29, 1.82) is 0 Å². The van der Waals surface area contributed by atoms with Crippen LogP contribution in [0.3, 0.4) is 0 Å². The molecule has 2 rings (SSSR count). The monoisotopic (exact) mass is 227 g/mol. The van der Waals surface area contributed by atoms with Gasteiger partial charge in [-0.05, 0) is 12.1 Å². The van der Waals surface area contributed by atoms with Crippen LogP contribution in [-0.4, -0.2) is 23.2 Å². The Morgan fingerprint density at radius 2 is 1.87 bits per heavy atom. The van der Waals surface area contributed by atoms with Crippen LogP contribution >= 0.6 is 0 Å². The molecule has 0 saturated heterocycles. The largest absolute Gasteiger partial charge is 0.369 e. The van der Waals surface area contributed by atoms with E-state index in [1.807, 2.05) is 0 Å². The SMILES string of the molecule is O=S(=O)(F)c1ncn(-c2ccccc2)n1. The van der Waals surface area contributed by atoms with Crippen molar-refractivity contribution in [2.75, 3.05) is 0 Å².